The lowest BCUT2D eigenvalue weighted by Gasteiger charge is -1.98. The smallest absolute Gasteiger partial charge is 0.256 e. The van der Waals surface area contributed by atoms with Crippen molar-refractivity contribution in [3.05, 3.63) is 45.2 Å². The van der Waals surface area contributed by atoms with Gasteiger partial charge in [-0.15, -0.1) is 0 Å². The van der Waals surface area contributed by atoms with Crippen molar-refractivity contribution in [3.63, 3.8) is 0 Å². The van der Waals surface area contributed by atoms with E-state index in [4.69, 9.17) is 0 Å². The third-order valence-corrected chi connectivity index (χ3v) is 2.64. The Labute approximate surface area is 98.8 Å². The highest BCUT2D eigenvalue weighted by Crippen LogP contribution is 2.01. The molecule has 0 saturated heterocycles. The fraction of sp³-hybridized carbons (Fsp3) is 0.143. The van der Waals surface area contributed by atoms with Crippen LogP contribution in [0, 0.1) is 0 Å². The van der Waals surface area contributed by atoms with Gasteiger partial charge in [-0.1, -0.05) is 24.3 Å². The maximum absolute atomic E-state index is 11.9. The highest BCUT2D eigenvalue weighted by Gasteiger charge is 1.99. The molecule has 2 aromatic rings. The van der Waals surface area contributed by atoms with Gasteiger partial charge >= 0.3 is 0 Å². The normalized spacial score (nSPS) is 14.0. The maximum Gasteiger partial charge on any atom is 0.256 e. The molecule has 86 valence electrons. The molecule has 1 aromatic carbocycles. The Morgan fingerprint density at radius 3 is 2.53 bits per heavy atom. The lowest BCUT2D eigenvalue weighted by molar-refractivity contribution is 1.18. The molecule has 1 aromatic heterocycles. The Balaban J connectivity index is 3.08. The second-order valence-corrected chi connectivity index (χ2v) is 3.65. The number of H-pyrrole nitrogens is 1. The summed E-state index contributed by atoms with van der Waals surface area (Å²) in [4.78, 5) is 18.9. The first-order valence-corrected chi connectivity index (χ1v) is 5.53. The third kappa shape index (κ3) is 2.04. The van der Waals surface area contributed by atoms with Gasteiger partial charge in [0.15, 0.2) is 0 Å². The van der Waals surface area contributed by atoms with Gasteiger partial charge < -0.3 is 4.98 Å². The van der Waals surface area contributed by atoms with Crippen LogP contribution in [-0.4, -0.2) is 11.2 Å². The third-order valence-electron chi connectivity index (χ3n) is 2.64. The number of hydrogen-bond donors (Lipinski definition) is 1. The molecule has 0 amide bonds. The lowest BCUT2D eigenvalue weighted by atomic mass is 10.1. The van der Waals surface area contributed by atoms with Crippen molar-refractivity contribution in [1.29, 1.82) is 0 Å². The van der Waals surface area contributed by atoms with Gasteiger partial charge in [0.25, 0.3) is 5.56 Å². The quantitative estimate of drug-likeness (QED) is 0.729. The summed E-state index contributed by atoms with van der Waals surface area (Å²) in [7, 11) is 0. The van der Waals surface area contributed by atoms with Crippen LogP contribution in [0.3, 0.4) is 0 Å². The van der Waals surface area contributed by atoms with Gasteiger partial charge in [-0.2, -0.15) is 0 Å². The van der Waals surface area contributed by atoms with E-state index < -0.39 is 0 Å². The molecule has 17 heavy (non-hydrogen) atoms. The molecule has 1 N–H and O–H groups in total. The van der Waals surface area contributed by atoms with Crippen LogP contribution in [0.4, 0.5) is 0 Å². The molecule has 3 heteroatoms. The molecule has 0 bridgehead atoms. The summed E-state index contributed by atoms with van der Waals surface area (Å²) in [6.45, 7) is 3.76. The largest absolute Gasteiger partial charge is 0.322 e. The second-order valence-electron chi connectivity index (χ2n) is 3.65. The fourth-order valence-electron chi connectivity index (χ4n) is 1.83. The Morgan fingerprint density at radius 1 is 1.18 bits per heavy atom. The molecular weight excluding hydrogens is 212 g/mol. The molecule has 3 nitrogen and oxygen atoms in total. The summed E-state index contributed by atoms with van der Waals surface area (Å²) in [6, 6.07) is 7.54. The summed E-state index contributed by atoms with van der Waals surface area (Å²) < 4.78 is 0. The number of pyridine rings is 1. The van der Waals surface area contributed by atoms with Gasteiger partial charge in [-0.05, 0) is 25.3 Å². The maximum atomic E-state index is 11.9. The number of nitrogens with one attached hydrogen (secondary N) is 1. The number of fused-ring (bicyclic) bond motifs is 1. The highest BCUT2D eigenvalue weighted by atomic mass is 16.1. The van der Waals surface area contributed by atoms with Gasteiger partial charge in [0.05, 0.1) is 0 Å². The van der Waals surface area contributed by atoms with Crippen molar-refractivity contribution in [2.24, 2.45) is 4.99 Å². The van der Waals surface area contributed by atoms with E-state index in [-0.39, 0.29) is 5.56 Å². The van der Waals surface area contributed by atoms with Crippen molar-refractivity contribution in [3.8, 4) is 0 Å². The molecular formula is C14H14N2O. The van der Waals surface area contributed by atoms with Gasteiger partial charge in [0, 0.05) is 28.4 Å². The van der Waals surface area contributed by atoms with E-state index in [1.54, 1.807) is 12.4 Å². The minimum absolute atomic E-state index is 0.0636. The van der Waals surface area contributed by atoms with Crippen LogP contribution < -0.4 is 16.1 Å². The van der Waals surface area contributed by atoms with Crippen LogP contribution in [0.1, 0.15) is 13.8 Å². The molecule has 0 aliphatic carbocycles. The number of aromatic nitrogens is 1. The van der Waals surface area contributed by atoms with E-state index in [1.807, 2.05) is 44.2 Å². The van der Waals surface area contributed by atoms with Crippen LogP contribution in [0.2, 0.25) is 0 Å². The van der Waals surface area contributed by atoms with E-state index in [2.05, 4.69) is 9.98 Å². The average molecular weight is 226 g/mol. The topological polar surface area (TPSA) is 45.2 Å². The van der Waals surface area contributed by atoms with E-state index >= 15 is 0 Å². The minimum Gasteiger partial charge on any atom is -0.322 e. The van der Waals surface area contributed by atoms with Crippen molar-refractivity contribution in [2.45, 2.75) is 13.8 Å². The molecule has 0 unspecified atom stereocenters. The number of nitrogens with zero attached hydrogens (tertiary/aromatic N) is 1. The summed E-state index contributed by atoms with van der Waals surface area (Å²) in [5, 5.41) is 3.37. The number of aromatic amines is 1. The van der Waals surface area contributed by atoms with E-state index in [1.165, 1.54) is 0 Å². The summed E-state index contributed by atoms with van der Waals surface area (Å²) in [5.41, 5.74) is -0.0636. The Morgan fingerprint density at radius 2 is 1.88 bits per heavy atom. The molecule has 0 saturated carbocycles. The van der Waals surface area contributed by atoms with Crippen molar-refractivity contribution < 1.29 is 0 Å². The highest BCUT2D eigenvalue weighted by molar-refractivity contribution is 5.82. The predicted octanol–water partition coefficient (Wildman–Crippen LogP) is 1.16. The van der Waals surface area contributed by atoms with Gasteiger partial charge in [0.1, 0.15) is 0 Å². The zero-order valence-corrected chi connectivity index (χ0v) is 9.90. The van der Waals surface area contributed by atoms with Crippen molar-refractivity contribution in [2.75, 3.05) is 0 Å². The Kier molecular flexibility index (Phi) is 3.19. The summed E-state index contributed by atoms with van der Waals surface area (Å²) in [5.74, 6) is 0. The standard InChI is InChI=1S/C14H14N2O/c1-3-13-12(9-15-4-2)10-7-5-6-8-11(10)14(17)16-13/h3-9H,1-2H3,(H,16,17)/b12-9-,13-3-,15-4?. The van der Waals surface area contributed by atoms with Crippen molar-refractivity contribution >= 4 is 29.3 Å². The fourth-order valence-corrected chi connectivity index (χ4v) is 1.83. The zero-order chi connectivity index (χ0) is 12.3. The van der Waals surface area contributed by atoms with Crippen molar-refractivity contribution in [1.82, 2.24) is 4.98 Å². The molecule has 0 aliphatic rings. The summed E-state index contributed by atoms with van der Waals surface area (Å²) >= 11 is 0. The van der Waals surface area contributed by atoms with E-state index in [9.17, 15) is 4.79 Å². The Bertz CT molecular complexity index is 739. The van der Waals surface area contributed by atoms with E-state index in [0.29, 0.717) is 5.39 Å². The molecule has 0 spiro atoms. The Hall–Kier alpha value is -2.16. The number of aliphatic imine (C=N–C) groups is 1. The first-order valence-electron chi connectivity index (χ1n) is 5.53. The number of hydrogen-bond acceptors (Lipinski definition) is 2. The molecule has 0 atom stereocenters. The van der Waals surface area contributed by atoms with E-state index in [0.717, 1.165) is 16.0 Å². The lowest BCUT2D eigenvalue weighted by Crippen LogP contribution is -2.34. The first kappa shape index (κ1) is 11.3. The average Bonchev–Trinajstić information content (AvgIpc) is 2.37. The summed E-state index contributed by atoms with van der Waals surface area (Å²) in [6.07, 6.45) is 5.37. The first-order chi connectivity index (χ1) is 8.27. The van der Waals surface area contributed by atoms with Crippen LogP contribution in [0.15, 0.2) is 34.1 Å². The molecule has 1 heterocycles. The monoisotopic (exact) mass is 226 g/mol. The minimum atomic E-state index is -0.0636. The number of benzene rings is 1. The zero-order valence-electron chi connectivity index (χ0n) is 9.90. The molecule has 2 rings (SSSR count). The van der Waals surface area contributed by atoms with Crippen LogP contribution in [0.25, 0.3) is 23.0 Å². The number of rotatable bonds is 1. The van der Waals surface area contributed by atoms with Gasteiger partial charge in [-0.25, -0.2) is 0 Å². The molecule has 0 aliphatic heterocycles. The van der Waals surface area contributed by atoms with Crippen LogP contribution in [-0.2, 0) is 0 Å². The molecule has 0 fully saturated rings. The van der Waals surface area contributed by atoms with Gasteiger partial charge in [0.2, 0.25) is 0 Å². The van der Waals surface area contributed by atoms with Crippen LogP contribution in [0.5, 0.6) is 0 Å². The predicted molar refractivity (Wildman–Crippen MR) is 72.6 cm³/mol. The SMILES string of the molecule is CC=N/C=c1\c(=C\C)[nH]c(=O)c2ccccc12. The van der Waals surface area contributed by atoms with Crippen LogP contribution >= 0.6 is 0 Å². The molecule has 0 radical (unpaired) electrons. The second kappa shape index (κ2) is 4.78. The van der Waals surface area contributed by atoms with Gasteiger partial charge in [-0.3, -0.25) is 9.79 Å².